The highest BCUT2D eigenvalue weighted by molar-refractivity contribution is 7.98. The minimum absolute atomic E-state index is 0.0934. The molecule has 5 heteroatoms. The normalized spacial score (nSPS) is 16.9. The summed E-state index contributed by atoms with van der Waals surface area (Å²) < 4.78 is 5.38. The van der Waals surface area contributed by atoms with Crippen molar-refractivity contribution in [1.29, 1.82) is 0 Å². The second-order valence-corrected chi connectivity index (χ2v) is 5.95. The molecule has 1 aromatic carbocycles. The second-order valence-electron chi connectivity index (χ2n) is 5.04. The van der Waals surface area contributed by atoms with Crippen LogP contribution in [0.1, 0.15) is 31.9 Å². The highest BCUT2D eigenvalue weighted by Crippen LogP contribution is 2.30. The Bertz CT molecular complexity index is 479. The van der Waals surface area contributed by atoms with E-state index in [-0.39, 0.29) is 18.6 Å². The van der Waals surface area contributed by atoms with Crippen LogP contribution in [0.4, 0.5) is 5.69 Å². The summed E-state index contributed by atoms with van der Waals surface area (Å²) in [6, 6.07) is 6.73. The molecule has 1 heterocycles. The van der Waals surface area contributed by atoms with Gasteiger partial charge in [0, 0.05) is 17.8 Å². The van der Waals surface area contributed by atoms with Crippen LogP contribution in [0.2, 0.25) is 0 Å². The Morgan fingerprint density at radius 3 is 3.00 bits per heavy atom. The number of anilines is 1. The maximum absolute atomic E-state index is 11.4. The fourth-order valence-electron chi connectivity index (χ4n) is 2.30. The van der Waals surface area contributed by atoms with Crippen molar-refractivity contribution >= 4 is 23.4 Å². The van der Waals surface area contributed by atoms with Gasteiger partial charge in [-0.15, -0.1) is 0 Å². The molecule has 2 N–H and O–H groups in total. The minimum Gasteiger partial charge on any atom is -0.482 e. The molecule has 2 unspecified atom stereocenters. The van der Waals surface area contributed by atoms with E-state index in [9.17, 15) is 4.79 Å². The van der Waals surface area contributed by atoms with Gasteiger partial charge in [0.1, 0.15) is 5.75 Å². The van der Waals surface area contributed by atoms with Crippen LogP contribution in [0.25, 0.3) is 0 Å². The first-order chi connectivity index (χ1) is 9.63. The van der Waals surface area contributed by atoms with E-state index in [0.717, 1.165) is 29.2 Å². The third-order valence-electron chi connectivity index (χ3n) is 3.48. The van der Waals surface area contributed by atoms with Crippen LogP contribution in [-0.4, -0.2) is 30.6 Å². The van der Waals surface area contributed by atoms with Crippen LogP contribution < -0.4 is 15.4 Å². The Labute approximate surface area is 124 Å². The van der Waals surface area contributed by atoms with E-state index < -0.39 is 0 Å². The zero-order chi connectivity index (χ0) is 14.5. The monoisotopic (exact) mass is 294 g/mol. The minimum atomic E-state index is -0.0934. The average molecular weight is 294 g/mol. The molecule has 2 rings (SSSR count). The van der Waals surface area contributed by atoms with Gasteiger partial charge in [-0.25, -0.2) is 0 Å². The summed E-state index contributed by atoms with van der Waals surface area (Å²) in [4.78, 5) is 11.4. The first kappa shape index (κ1) is 15.2. The molecule has 0 spiro atoms. The van der Waals surface area contributed by atoms with Crippen molar-refractivity contribution in [3.63, 3.8) is 0 Å². The zero-order valence-electron chi connectivity index (χ0n) is 12.2. The number of benzene rings is 1. The van der Waals surface area contributed by atoms with Gasteiger partial charge in [0.2, 0.25) is 0 Å². The lowest BCUT2D eigenvalue weighted by molar-refractivity contribution is -0.118. The van der Waals surface area contributed by atoms with E-state index in [4.69, 9.17) is 4.74 Å². The Morgan fingerprint density at radius 2 is 2.30 bits per heavy atom. The highest BCUT2D eigenvalue weighted by atomic mass is 32.2. The average Bonchev–Trinajstić information content (AvgIpc) is 2.45. The SMILES string of the molecule is CCC(CSC)NC(C)c1ccc2c(c1)NC(=O)CO2. The predicted molar refractivity (Wildman–Crippen MR) is 84.6 cm³/mol. The number of hydrogen-bond acceptors (Lipinski definition) is 4. The van der Waals surface area contributed by atoms with Crippen molar-refractivity contribution in [3.8, 4) is 5.75 Å². The molecule has 1 amide bonds. The van der Waals surface area contributed by atoms with E-state index in [1.165, 1.54) is 0 Å². The van der Waals surface area contributed by atoms with Crippen molar-refractivity contribution in [2.24, 2.45) is 0 Å². The molecule has 110 valence electrons. The second kappa shape index (κ2) is 6.99. The molecular weight excluding hydrogens is 272 g/mol. The molecule has 2 atom stereocenters. The standard InChI is InChI=1S/C15H22N2O2S/c1-4-12(9-20-3)16-10(2)11-5-6-14-13(7-11)17-15(18)8-19-14/h5-7,10,12,16H,4,8-9H2,1-3H3,(H,17,18). The summed E-state index contributed by atoms with van der Waals surface area (Å²) in [6.07, 6.45) is 3.23. The van der Waals surface area contributed by atoms with Crippen molar-refractivity contribution in [1.82, 2.24) is 5.32 Å². The number of thioether (sulfide) groups is 1. The fourth-order valence-corrected chi connectivity index (χ4v) is 3.04. The van der Waals surface area contributed by atoms with Crippen LogP contribution in [0.5, 0.6) is 5.75 Å². The van der Waals surface area contributed by atoms with Crippen molar-refractivity contribution < 1.29 is 9.53 Å². The smallest absolute Gasteiger partial charge is 0.262 e. The molecule has 0 aromatic heterocycles. The molecule has 0 bridgehead atoms. The topological polar surface area (TPSA) is 50.4 Å². The predicted octanol–water partition coefficient (Wildman–Crippen LogP) is 2.81. The number of rotatable bonds is 6. The number of carbonyl (C=O) groups excluding carboxylic acids is 1. The van der Waals surface area contributed by atoms with Crippen LogP contribution >= 0.6 is 11.8 Å². The van der Waals surface area contributed by atoms with Crippen LogP contribution in [0.15, 0.2) is 18.2 Å². The van der Waals surface area contributed by atoms with Gasteiger partial charge in [-0.1, -0.05) is 13.0 Å². The summed E-state index contributed by atoms with van der Waals surface area (Å²) in [7, 11) is 0. The third kappa shape index (κ3) is 3.67. The van der Waals surface area contributed by atoms with Crippen molar-refractivity contribution in [2.75, 3.05) is 23.9 Å². The van der Waals surface area contributed by atoms with Gasteiger partial charge in [0.05, 0.1) is 5.69 Å². The van der Waals surface area contributed by atoms with Gasteiger partial charge in [-0.05, 0) is 37.3 Å². The summed E-state index contributed by atoms with van der Waals surface area (Å²) in [5, 5.41) is 6.48. The summed E-state index contributed by atoms with van der Waals surface area (Å²) in [6.45, 7) is 4.45. The van der Waals surface area contributed by atoms with Gasteiger partial charge in [-0.3, -0.25) is 4.79 Å². The van der Waals surface area contributed by atoms with E-state index in [1.54, 1.807) is 0 Å². The number of carbonyl (C=O) groups is 1. The maximum Gasteiger partial charge on any atom is 0.262 e. The Morgan fingerprint density at radius 1 is 1.50 bits per heavy atom. The zero-order valence-corrected chi connectivity index (χ0v) is 13.0. The Kier molecular flexibility index (Phi) is 5.31. The van der Waals surface area contributed by atoms with Gasteiger partial charge in [0.15, 0.2) is 6.61 Å². The summed E-state index contributed by atoms with van der Waals surface area (Å²) in [5.74, 6) is 1.76. The lowest BCUT2D eigenvalue weighted by atomic mass is 10.1. The Hall–Kier alpha value is -1.20. The lowest BCUT2D eigenvalue weighted by Crippen LogP contribution is -2.33. The number of amides is 1. The van der Waals surface area contributed by atoms with Gasteiger partial charge >= 0.3 is 0 Å². The van der Waals surface area contributed by atoms with Crippen molar-refractivity contribution in [2.45, 2.75) is 32.4 Å². The molecule has 0 saturated carbocycles. The molecule has 20 heavy (non-hydrogen) atoms. The number of nitrogens with one attached hydrogen (secondary N) is 2. The first-order valence-corrected chi connectivity index (χ1v) is 8.35. The molecule has 0 saturated heterocycles. The summed E-state index contributed by atoms with van der Waals surface area (Å²) >= 11 is 1.86. The number of hydrogen-bond donors (Lipinski definition) is 2. The summed E-state index contributed by atoms with van der Waals surface area (Å²) in [5.41, 5.74) is 1.93. The van der Waals surface area contributed by atoms with E-state index in [2.05, 4.69) is 36.8 Å². The largest absolute Gasteiger partial charge is 0.482 e. The molecular formula is C15H22N2O2S. The molecule has 0 fully saturated rings. The molecule has 4 nitrogen and oxygen atoms in total. The highest BCUT2D eigenvalue weighted by Gasteiger charge is 2.18. The maximum atomic E-state index is 11.4. The third-order valence-corrected chi connectivity index (χ3v) is 4.22. The quantitative estimate of drug-likeness (QED) is 0.847. The van der Waals surface area contributed by atoms with Crippen LogP contribution in [0, 0.1) is 0 Å². The van der Waals surface area contributed by atoms with E-state index in [0.29, 0.717) is 6.04 Å². The molecule has 1 aliphatic heterocycles. The van der Waals surface area contributed by atoms with Crippen LogP contribution in [-0.2, 0) is 4.79 Å². The van der Waals surface area contributed by atoms with E-state index in [1.807, 2.05) is 23.9 Å². The first-order valence-electron chi connectivity index (χ1n) is 6.95. The van der Waals surface area contributed by atoms with Gasteiger partial charge < -0.3 is 15.4 Å². The van der Waals surface area contributed by atoms with Crippen LogP contribution in [0.3, 0.4) is 0 Å². The molecule has 0 radical (unpaired) electrons. The Balaban J connectivity index is 2.08. The van der Waals surface area contributed by atoms with E-state index >= 15 is 0 Å². The van der Waals surface area contributed by atoms with Gasteiger partial charge in [-0.2, -0.15) is 11.8 Å². The molecule has 1 aliphatic rings. The lowest BCUT2D eigenvalue weighted by Gasteiger charge is -2.24. The number of ether oxygens (including phenoxy) is 1. The molecule has 1 aromatic rings. The van der Waals surface area contributed by atoms with Crippen molar-refractivity contribution in [3.05, 3.63) is 23.8 Å². The number of fused-ring (bicyclic) bond motifs is 1. The molecule has 0 aliphatic carbocycles. The fraction of sp³-hybridized carbons (Fsp3) is 0.533. The van der Waals surface area contributed by atoms with Gasteiger partial charge in [0.25, 0.3) is 5.91 Å².